The molecule has 0 rings (SSSR count). The Morgan fingerprint density at radius 1 is 1.33 bits per heavy atom. The van der Waals surface area contributed by atoms with Crippen LogP contribution in [0.5, 0.6) is 0 Å². The van der Waals surface area contributed by atoms with Gasteiger partial charge in [0, 0.05) is 0 Å². The molecule has 0 bridgehead atoms. The lowest BCUT2D eigenvalue weighted by molar-refractivity contribution is 0.000696. The molecule has 56 valence electrons. The van der Waals surface area contributed by atoms with Gasteiger partial charge in [-0.25, -0.2) is 8.78 Å². The molecule has 0 aromatic heterocycles. The molecule has 4 nitrogen and oxygen atoms in total. The lowest BCUT2D eigenvalue weighted by Crippen LogP contribution is -2.25. The first-order valence-electron chi connectivity index (χ1n) is 1.78. The zero-order chi connectivity index (χ0) is 7.65. The van der Waals surface area contributed by atoms with E-state index in [4.69, 9.17) is 9.66 Å². The molecule has 0 aliphatic rings. The van der Waals surface area contributed by atoms with Gasteiger partial charge in [-0.3, -0.25) is 4.55 Å². The molecule has 2 N–H and O–H groups in total. The number of rotatable bonds is 2. The molecule has 2 atom stereocenters. The summed E-state index contributed by atoms with van der Waals surface area (Å²) < 4.78 is 49.6. The fraction of sp³-hybridized carbons (Fsp3) is 1.00. The highest BCUT2D eigenvalue weighted by atomic mass is 32.2. The third-order valence-electron chi connectivity index (χ3n) is 0.501. The summed E-state index contributed by atoms with van der Waals surface area (Å²) in [7, 11) is -5.09. The van der Waals surface area contributed by atoms with Crippen LogP contribution in [0.1, 0.15) is 0 Å². The Bertz CT molecular complexity index is 173. The highest BCUT2D eigenvalue weighted by Gasteiger charge is 2.30. The van der Waals surface area contributed by atoms with E-state index in [2.05, 4.69) is 0 Å². The van der Waals surface area contributed by atoms with E-state index in [1.54, 1.807) is 0 Å². The van der Waals surface area contributed by atoms with Gasteiger partial charge in [-0.05, 0) is 0 Å². The van der Waals surface area contributed by atoms with Crippen LogP contribution >= 0.6 is 0 Å². The van der Waals surface area contributed by atoms with Gasteiger partial charge in [0.15, 0.2) is 0 Å². The van der Waals surface area contributed by atoms with Crippen molar-refractivity contribution >= 4 is 10.1 Å². The topological polar surface area (TPSA) is 74.6 Å². The van der Waals surface area contributed by atoms with Gasteiger partial charge >= 0.3 is 10.1 Å². The number of hydrogen-bond donors (Lipinski definition) is 2. The first kappa shape index (κ1) is 8.73. The normalized spacial score (nSPS) is 19.1. The van der Waals surface area contributed by atoms with Crippen molar-refractivity contribution in [3.63, 3.8) is 0 Å². The van der Waals surface area contributed by atoms with Crippen LogP contribution in [0.2, 0.25) is 0 Å². The van der Waals surface area contributed by atoms with Gasteiger partial charge < -0.3 is 5.11 Å². The van der Waals surface area contributed by atoms with E-state index in [-0.39, 0.29) is 0 Å². The Labute approximate surface area is 49.9 Å². The molecule has 0 fully saturated rings. The average molecular weight is 162 g/mol. The third-order valence-corrected chi connectivity index (χ3v) is 1.29. The van der Waals surface area contributed by atoms with Gasteiger partial charge in [0.05, 0.1) is 0 Å². The monoisotopic (exact) mass is 162 g/mol. The smallest absolute Gasteiger partial charge is 0.303 e. The van der Waals surface area contributed by atoms with Crippen LogP contribution < -0.4 is 0 Å². The number of aliphatic hydroxyl groups is 1. The number of alkyl halides is 2. The maximum Gasteiger partial charge on any atom is 0.303 e. The molecule has 0 saturated carbocycles. The highest BCUT2D eigenvalue weighted by Crippen LogP contribution is 2.06. The Kier molecular flexibility index (Phi) is 2.47. The fourth-order valence-electron chi connectivity index (χ4n) is 0.142. The zero-order valence-corrected chi connectivity index (χ0v) is 4.85. The van der Waals surface area contributed by atoms with Crippen molar-refractivity contribution in [3.8, 4) is 0 Å². The number of aliphatic hydroxyl groups excluding tert-OH is 1. The van der Waals surface area contributed by atoms with Gasteiger partial charge in [-0.1, -0.05) is 0 Å². The summed E-state index contributed by atoms with van der Waals surface area (Å²) in [5.74, 6) is 0. The molecular weight excluding hydrogens is 158 g/mol. The second-order valence-corrected chi connectivity index (χ2v) is 2.72. The lowest BCUT2D eigenvalue weighted by Gasteiger charge is -2.02. The summed E-state index contributed by atoms with van der Waals surface area (Å²) in [6.45, 7) is 0. The van der Waals surface area contributed by atoms with E-state index in [9.17, 15) is 17.2 Å². The maximum absolute atomic E-state index is 11.6. The maximum atomic E-state index is 11.6. The predicted molar refractivity (Wildman–Crippen MR) is 23.6 cm³/mol. The summed E-state index contributed by atoms with van der Waals surface area (Å²) in [5.41, 5.74) is -3.27. The van der Waals surface area contributed by atoms with Gasteiger partial charge in [-0.2, -0.15) is 8.42 Å². The van der Waals surface area contributed by atoms with Crippen LogP contribution in [0, 0.1) is 0 Å². The highest BCUT2D eigenvalue weighted by molar-refractivity contribution is 7.86. The largest absolute Gasteiger partial charge is 0.361 e. The molecule has 2 unspecified atom stereocenters. The van der Waals surface area contributed by atoms with Gasteiger partial charge in [0.2, 0.25) is 6.36 Å². The van der Waals surface area contributed by atoms with Gasteiger partial charge in [0.1, 0.15) is 0 Å². The van der Waals surface area contributed by atoms with Crippen LogP contribution in [-0.2, 0) is 10.1 Å². The van der Waals surface area contributed by atoms with E-state index in [0.29, 0.717) is 0 Å². The van der Waals surface area contributed by atoms with E-state index in [0.717, 1.165) is 0 Å². The minimum Gasteiger partial charge on any atom is -0.361 e. The van der Waals surface area contributed by atoms with Crippen LogP contribution in [0.15, 0.2) is 0 Å². The van der Waals surface area contributed by atoms with Crippen LogP contribution in [-0.4, -0.2) is 29.9 Å². The van der Waals surface area contributed by atoms with Crippen LogP contribution in [0.3, 0.4) is 0 Å². The Morgan fingerprint density at radius 3 is 1.67 bits per heavy atom. The van der Waals surface area contributed by atoms with Crippen molar-refractivity contribution < 1.29 is 26.9 Å². The van der Waals surface area contributed by atoms with E-state index in [1.807, 2.05) is 0 Å². The van der Waals surface area contributed by atoms with E-state index in [1.165, 1.54) is 0 Å². The number of hydrogen-bond acceptors (Lipinski definition) is 3. The second-order valence-electron chi connectivity index (χ2n) is 1.24. The second kappa shape index (κ2) is 2.54. The van der Waals surface area contributed by atoms with Crippen molar-refractivity contribution in [1.29, 1.82) is 0 Å². The lowest BCUT2D eigenvalue weighted by atomic mass is 10.8. The molecule has 0 aliphatic carbocycles. The first-order valence-corrected chi connectivity index (χ1v) is 3.28. The molecule has 9 heavy (non-hydrogen) atoms. The molecule has 0 aliphatic heterocycles. The Morgan fingerprint density at radius 2 is 1.67 bits per heavy atom. The SMILES string of the molecule is O=S(=O)(O)C(F)C(O)F. The minimum atomic E-state index is -5.09. The molecule has 0 aromatic carbocycles. The van der Waals surface area contributed by atoms with E-state index < -0.39 is 22.0 Å². The molecule has 0 heterocycles. The van der Waals surface area contributed by atoms with Crippen LogP contribution in [0.25, 0.3) is 0 Å². The zero-order valence-electron chi connectivity index (χ0n) is 4.03. The number of halogens is 2. The summed E-state index contributed by atoms with van der Waals surface area (Å²) in [4.78, 5) is 0. The van der Waals surface area contributed by atoms with Gasteiger partial charge in [-0.15, -0.1) is 0 Å². The molecular formula is C2H4F2O4S. The van der Waals surface area contributed by atoms with Crippen molar-refractivity contribution in [3.05, 3.63) is 0 Å². The molecule has 7 heteroatoms. The summed E-state index contributed by atoms with van der Waals surface area (Å²) in [5, 5.41) is 7.58. The first-order chi connectivity index (χ1) is 3.85. The quantitative estimate of drug-likeness (QED) is 0.534. The Hall–Kier alpha value is -0.270. The summed E-state index contributed by atoms with van der Waals surface area (Å²) in [6.07, 6.45) is -3.19. The Balaban J connectivity index is 4.24. The van der Waals surface area contributed by atoms with E-state index >= 15 is 0 Å². The van der Waals surface area contributed by atoms with Crippen molar-refractivity contribution in [1.82, 2.24) is 0 Å². The average Bonchev–Trinajstić information content (AvgIpc) is 1.62. The molecule has 0 radical (unpaired) electrons. The van der Waals surface area contributed by atoms with Crippen molar-refractivity contribution in [2.75, 3.05) is 0 Å². The third kappa shape index (κ3) is 2.68. The molecule has 0 amide bonds. The molecule has 0 saturated heterocycles. The van der Waals surface area contributed by atoms with Gasteiger partial charge in [0.25, 0.3) is 5.50 Å². The summed E-state index contributed by atoms with van der Waals surface area (Å²) in [6, 6.07) is 0. The standard InChI is InChI=1S/C2H4F2O4S/c3-1(5)2(4)9(6,7)8/h1-2,5H,(H,6,7,8). The van der Waals surface area contributed by atoms with Crippen molar-refractivity contribution in [2.24, 2.45) is 0 Å². The van der Waals surface area contributed by atoms with Crippen molar-refractivity contribution in [2.45, 2.75) is 11.9 Å². The predicted octanol–water partition coefficient (Wildman–Crippen LogP) is -0.542. The summed E-state index contributed by atoms with van der Waals surface area (Å²) >= 11 is 0. The van der Waals surface area contributed by atoms with Crippen LogP contribution in [0.4, 0.5) is 8.78 Å². The minimum absolute atomic E-state index is 3.19. The molecule has 0 spiro atoms. The molecule has 0 aromatic rings. The fourth-order valence-corrected chi connectivity index (χ4v) is 0.426.